The van der Waals surface area contributed by atoms with Gasteiger partial charge in [0, 0.05) is 25.3 Å². The van der Waals surface area contributed by atoms with Gasteiger partial charge in [-0.25, -0.2) is 0 Å². The molecule has 0 amide bonds. The lowest BCUT2D eigenvalue weighted by atomic mass is 10.0. The summed E-state index contributed by atoms with van der Waals surface area (Å²) in [4.78, 5) is 2.55. The van der Waals surface area contributed by atoms with Crippen molar-refractivity contribution >= 4 is 5.69 Å². The third-order valence-electron chi connectivity index (χ3n) is 4.96. The minimum absolute atomic E-state index is 0.997. The van der Waals surface area contributed by atoms with Gasteiger partial charge in [0.05, 0.1) is 0 Å². The van der Waals surface area contributed by atoms with E-state index in [9.17, 15) is 0 Å². The van der Waals surface area contributed by atoms with Gasteiger partial charge in [-0.05, 0) is 43.4 Å². The Bertz CT molecular complexity index is 404. The largest absolute Gasteiger partial charge is 0.371 e. The maximum Gasteiger partial charge on any atom is 0.0411 e. The van der Waals surface area contributed by atoms with E-state index in [1.807, 2.05) is 0 Å². The lowest BCUT2D eigenvalue weighted by Gasteiger charge is -2.21. The topological polar surface area (TPSA) is 15.3 Å². The number of anilines is 1. The maximum atomic E-state index is 3.67. The van der Waals surface area contributed by atoms with Crippen LogP contribution in [-0.4, -0.2) is 19.6 Å². The third kappa shape index (κ3) is 3.54. The first-order valence-corrected chi connectivity index (χ1v) is 8.47. The van der Waals surface area contributed by atoms with Crippen molar-refractivity contribution in [3.8, 4) is 0 Å². The van der Waals surface area contributed by atoms with Crippen LogP contribution in [0, 0.1) is 5.92 Å². The van der Waals surface area contributed by atoms with Crippen LogP contribution in [0.25, 0.3) is 0 Å². The summed E-state index contributed by atoms with van der Waals surface area (Å²) in [6, 6.07) is 8.93. The number of hydrogen-bond donors (Lipinski definition) is 1. The molecule has 2 heteroatoms. The summed E-state index contributed by atoms with van der Waals surface area (Å²) in [7, 11) is 0. The Labute approximate surface area is 123 Å². The minimum Gasteiger partial charge on any atom is -0.371 e. The molecule has 2 fully saturated rings. The Balaban J connectivity index is 1.49. The Morgan fingerprint density at radius 1 is 1.00 bits per heavy atom. The number of hydrogen-bond acceptors (Lipinski definition) is 2. The van der Waals surface area contributed by atoms with Gasteiger partial charge >= 0.3 is 0 Å². The summed E-state index contributed by atoms with van der Waals surface area (Å²) < 4.78 is 0. The van der Waals surface area contributed by atoms with Crippen LogP contribution in [-0.2, 0) is 6.54 Å². The Hall–Kier alpha value is -1.02. The smallest absolute Gasteiger partial charge is 0.0411 e. The highest BCUT2D eigenvalue weighted by molar-refractivity contribution is 5.54. The molecule has 1 saturated heterocycles. The first-order chi connectivity index (χ1) is 9.93. The molecule has 1 aromatic rings. The van der Waals surface area contributed by atoms with Crippen molar-refractivity contribution in [2.75, 3.05) is 24.5 Å². The number of benzene rings is 1. The summed E-state index contributed by atoms with van der Waals surface area (Å²) in [6.07, 6.45) is 9.92. The number of nitrogens with one attached hydrogen (secondary N) is 1. The van der Waals surface area contributed by atoms with Gasteiger partial charge in [-0.2, -0.15) is 0 Å². The zero-order valence-electron chi connectivity index (χ0n) is 12.6. The molecule has 0 aromatic heterocycles. The molecule has 0 atom stereocenters. The van der Waals surface area contributed by atoms with Crippen LogP contribution >= 0.6 is 0 Å². The van der Waals surface area contributed by atoms with Crippen molar-refractivity contribution in [2.45, 2.75) is 51.5 Å². The van der Waals surface area contributed by atoms with Crippen LogP contribution in [0.3, 0.4) is 0 Å². The van der Waals surface area contributed by atoms with Gasteiger partial charge < -0.3 is 10.2 Å². The highest BCUT2D eigenvalue weighted by atomic mass is 15.1. The van der Waals surface area contributed by atoms with E-state index in [0.717, 1.165) is 12.5 Å². The van der Waals surface area contributed by atoms with E-state index < -0.39 is 0 Å². The van der Waals surface area contributed by atoms with Crippen molar-refractivity contribution < 1.29 is 0 Å². The zero-order valence-corrected chi connectivity index (χ0v) is 12.6. The molecule has 20 heavy (non-hydrogen) atoms. The predicted octanol–water partition coefficient (Wildman–Crippen LogP) is 3.96. The van der Waals surface area contributed by atoms with Crippen molar-refractivity contribution in [1.29, 1.82) is 0 Å². The van der Waals surface area contributed by atoms with E-state index in [1.165, 1.54) is 75.8 Å². The molecule has 2 nitrogen and oxygen atoms in total. The lowest BCUT2D eigenvalue weighted by Crippen LogP contribution is -2.22. The van der Waals surface area contributed by atoms with Crippen molar-refractivity contribution in [2.24, 2.45) is 5.92 Å². The fourth-order valence-electron chi connectivity index (χ4n) is 3.76. The van der Waals surface area contributed by atoms with Crippen LogP contribution < -0.4 is 10.2 Å². The molecule has 1 N–H and O–H groups in total. The SMILES string of the molecule is c1ccc(N2CCCC2)c(CNCCC2CCCC2)c1. The normalized spacial score (nSPS) is 19.9. The average Bonchev–Trinajstić information content (AvgIpc) is 3.17. The first-order valence-electron chi connectivity index (χ1n) is 8.47. The monoisotopic (exact) mass is 272 g/mol. The lowest BCUT2D eigenvalue weighted by molar-refractivity contribution is 0.477. The van der Waals surface area contributed by atoms with Crippen molar-refractivity contribution in [1.82, 2.24) is 5.32 Å². The molecule has 0 bridgehead atoms. The fourth-order valence-corrected chi connectivity index (χ4v) is 3.76. The molecular formula is C18H28N2. The summed E-state index contributed by atoms with van der Waals surface area (Å²) in [6.45, 7) is 4.68. The van der Waals surface area contributed by atoms with E-state index in [2.05, 4.69) is 34.5 Å². The van der Waals surface area contributed by atoms with Gasteiger partial charge in [-0.15, -0.1) is 0 Å². The molecule has 0 spiro atoms. The number of rotatable bonds is 6. The van der Waals surface area contributed by atoms with Gasteiger partial charge in [0.25, 0.3) is 0 Å². The first kappa shape index (κ1) is 13.9. The summed E-state index contributed by atoms with van der Waals surface area (Å²) in [5, 5.41) is 3.67. The van der Waals surface area contributed by atoms with Crippen molar-refractivity contribution in [3.05, 3.63) is 29.8 Å². The standard InChI is InChI=1S/C18H28N2/c1-2-8-16(7-1)11-12-19-15-17-9-3-4-10-18(17)20-13-5-6-14-20/h3-4,9-10,16,19H,1-2,5-8,11-15H2. The molecule has 1 aromatic carbocycles. The second kappa shape index (κ2) is 7.12. The van der Waals surface area contributed by atoms with E-state index in [1.54, 1.807) is 0 Å². The summed E-state index contributed by atoms with van der Waals surface area (Å²) in [5.74, 6) is 0.997. The molecule has 2 aliphatic rings. The molecule has 3 rings (SSSR count). The van der Waals surface area contributed by atoms with Gasteiger partial charge in [-0.1, -0.05) is 43.9 Å². The summed E-state index contributed by atoms with van der Waals surface area (Å²) >= 11 is 0. The number of para-hydroxylation sites is 1. The maximum absolute atomic E-state index is 3.67. The van der Waals surface area contributed by atoms with Gasteiger partial charge in [-0.3, -0.25) is 0 Å². The average molecular weight is 272 g/mol. The van der Waals surface area contributed by atoms with Gasteiger partial charge in [0.1, 0.15) is 0 Å². The number of nitrogens with zero attached hydrogens (tertiary/aromatic N) is 1. The van der Waals surface area contributed by atoms with E-state index in [0.29, 0.717) is 0 Å². The van der Waals surface area contributed by atoms with Crippen LogP contribution in [0.4, 0.5) is 5.69 Å². The molecule has 1 heterocycles. The van der Waals surface area contributed by atoms with E-state index in [-0.39, 0.29) is 0 Å². The minimum atomic E-state index is 0.997. The second-order valence-electron chi connectivity index (χ2n) is 6.44. The van der Waals surface area contributed by atoms with Crippen LogP contribution in [0.15, 0.2) is 24.3 Å². The Morgan fingerprint density at radius 2 is 1.75 bits per heavy atom. The Morgan fingerprint density at radius 3 is 2.55 bits per heavy atom. The third-order valence-corrected chi connectivity index (χ3v) is 4.96. The molecule has 1 saturated carbocycles. The van der Waals surface area contributed by atoms with Gasteiger partial charge in [0.15, 0.2) is 0 Å². The fraction of sp³-hybridized carbons (Fsp3) is 0.667. The highest BCUT2D eigenvalue weighted by Crippen LogP contribution is 2.27. The highest BCUT2D eigenvalue weighted by Gasteiger charge is 2.16. The van der Waals surface area contributed by atoms with E-state index >= 15 is 0 Å². The summed E-state index contributed by atoms with van der Waals surface area (Å²) in [5.41, 5.74) is 2.93. The molecule has 110 valence electrons. The van der Waals surface area contributed by atoms with Gasteiger partial charge in [0.2, 0.25) is 0 Å². The zero-order chi connectivity index (χ0) is 13.6. The van der Waals surface area contributed by atoms with Crippen LogP contribution in [0.1, 0.15) is 50.5 Å². The predicted molar refractivity (Wildman–Crippen MR) is 86.2 cm³/mol. The van der Waals surface area contributed by atoms with Crippen molar-refractivity contribution in [3.63, 3.8) is 0 Å². The van der Waals surface area contributed by atoms with Crippen LogP contribution in [0.2, 0.25) is 0 Å². The molecule has 1 aliphatic heterocycles. The Kier molecular flexibility index (Phi) is 4.96. The second-order valence-corrected chi connectivity index (χ2v) is 6.44. The quantitative estimate of drug-likeness (QED) is 0.789. The molecule has 1 aliphatic carbocycles. The van der Waals surface area contributed by atoms with Crippen LogP contribution in [0.5, 0.6) is 0 Å². The molecule has 0 radical (unpaired) electrons. The van der Waals surface area contributed by atoms with E-state index in [4.69, 9.17) is 0 Å². The molecule has 0 unspecified atom stereocenters. The molecular weight excluding hydrogens is 244 g/mol.